The van der Waals surface area contributed by atoms with Crippen molar-refractivity contribution in [2.45, 2.75) is 43.9 Å². The van der Waals surface area contributed by atoms with Gasteiger partial charge < -0.3 is 48.3 Å². The highest BCUT2D eigenvalue weighted by molar-refractivity contribution is 7.80. The Morgan fingerprint density at radius 3 is 2.34 bits per heavy atom. The predicted octanol–water partition coefficient (Wildman–Crippen LogP) is -2.00. The Bertz CT molecular complexity index is 1650. The molecule has 0 aliphatic carbocycles. The van der Waals surface area contributed by atoms with Gasteiger partial charge in [0.2, 0.25) is 23.7 Å². The molecule has 3 amide bonds. The fourth-order valence-corrected chi connectivity index (χ4v) is 4.15. The van der Waals surface area contributed by atoms with Crippen molar-refractivity contribution in [2.75, 3.05) is 35.2 Å². The van der Waals surface area contributed by atoms with Crippen molar-refractivity contribution in [3.8, 4) is 0 Å². The molecule has 19 nitrogen and oxygen atoms in total. The lowest BCUT2D eigenvalue weighted by molar-refractivity contribution is -0.140. The van der Waals surface area contributed by atoms with Crippen LogP contribution in [-0.2, 0) is 30.5 Å². The van der Waals surface area contributed by atoms with Gasteiger partial charge >= 0.3 is 11.9 Å². The average Bonchev–Trinajstić information content (AvgIpc) is 3.03. The van der Waals surface area contributed by atoms with Crippen LogP contribution in [0.15, 0.2) is 35.3 Å². The Balaban J connectivity index is 1.46. The number of thiol groups is 1. The number of carboxylic acid groups (broad SMARTS) is 2. The number of hydrogen-bond acceptors (Lipinski definition) is 14. The number of nitrogens with one attached hydrogen (secondary N) is 6. The van der Waals surface area contributed by atoms with Gasteiger partial charge in [0.05, 0.1) is 24.9 Å². The summed E-state index contributed by atoms with van der Waals surface area (Å²) in [5, 5.41) is 31.8. The van der Waals surface area contributed by atoms with Crippen LogP contribution in [0.5, 0.6) is 0 Å². The molecule has 0 fully saturated rings. The van der Waals surface area contributed by atoms with E-state index >= 15 is 0 Å². The number of anilines is 3. The van der Waals surface area contributed by atoms with Gasteiger partial charge in [-0.25, -0.2) is 14.8 Å². The highest BCUT2D eigenvalue weighted by Gasteiger charge is 2.26. The number of nitrogens with zero attached hydrogens (tertiary/aromatic N) is 3. The van der Waals surface area contributed by atoms with Crippen molar-refractivity contribution in [3.05, 3.63) is 46.5 Å². The molecule has 1 aromatic carbocycles. The van der Waals surface area contributed by atoms with Crippen LogP contribution in [0.1, 0.15) is 25.0 Å². The Morgan fingerprint density at radius 1 is 0.979 bits per heavy atom. The number of fused-ring (bicyclic) bond motifs is 1. The summed E-state index contributed by atoms with van der Waals surface area (Å²) >= 11 is 3.95. The number of aromatic nitrogens is 4. The van der Waals surface area contributed by atoms with Crippen molar-refractivity contribution in [1.82, 2.24) is 35.9 Å². The van der Waals surface area contributed by atoms with Crippen LogP contribution < -0.4 is 43.6 Å². The number of benzene rings is 1. The minimum absolute atomic E-state index is 0.0485. The molecule has 252 valence electrons. The Labute approximate surface area is 272 Å². The van der Waals surface area contributed by atoms with E-state index < -0.39 is 59.8 Å². The number of carboxylic acids is 2. The van der Waals surface area contributed by atoms with Gasteiger partial charge in [-0.05, 0) is 30.7 Å². The third-order valence-electron chi connectivity index (χ3n) is 6.42. The fraction of sp³-hybridized carbons (Fsp3) is 0.370. The van der Waals surface area contributed by atoms with Crippen molar-refractivity contribution in [3.63, 3.8) is 0 Å². The predicted molar refractivity (Wildman–Crippen MR) is 172 cm³/mol. The second-order valence-electron chi connectivity index (χ2n) is 10.1. The molecule has 12 N–H and O–H groups in total. The minimum Gasteiger partial charge on any atom is -0.481 e. The molecule has 20 heteroatoms. The number of nitrogens with two attached hydrogens (primary N) is 2. The third kappa shape index (κ3) is 11.4. The maximum absolute atomic E-state index is 12.4. The number of hydrogen-bond donors (Lipinski definition) is 11. The molecule has 0 saturated carbocycles. The van der Waals surface area contributed by atoms with E-state index in [1.54, 1.807) is 24.3 Å². The van der Waals surface area contributed by atoms with Gasteiger partial charge in [-0.15, -0.1) is 0 Å². The highest BCUT2D eigenvalue weighted by atomic mass is 32.1. The van der Waals surface area contributed by atoms with Crippen molar-refractivity contribution < 1.29 is 34.2 Å². The molecule has 2 aromatic heterocycles. The summed E-state index contributed by atoms with van der Waals surface area (Å²) in [5.74, 6) is -4.42. The second kappa shape index (κ2) is 17.3. The molecule has 0 saturated heterocycles. The average molecular weight is 674 g/mol. The van der Waals surface area contributed by atoms with Crippen LogP contribution >= 0.6 is 12.6 Å². The first-order valence-electron chi connectivity index (χ1n) is 14.1. The largest absolute Gasteiger partial charge is 0.481 e. The number of H-pyrrole nitrogens is 1. The SMILES string of the molecule is Nc1nc2ncc(CNc3ccc(NC(CCC(=O)NCC(N)C(=O)NC(CC(=O)O)C(=O)NCCS)C(=O)O)cc3)nc2c(=O)[nH]1. The van der Waals surface area contributed by atoms with Crippen LogP contribution in [-0.4, -0.2) is 96.8 Å². The molecule has 3 atom stereocenters. The summed E-state index contributed by atoms with van der Waals surface area (Å²) in [7, 11) is 0. The van der Waals surface area contributed by atoms with E-state index in [4.69, 9.17) is 16.6 Å². The zero-order chi connectivity index (χ0) is 34.5. The summed E-state index contributed by atoms with van der Waals surface area (Å²) in [6, 6.07) is 2.84. The number of amides is 3. The van der Waals surface area contributed by atoms with Gasteiger partial charge in [-0.1, -0.05) is 0 Å². The molecular formula is C27H35N11O8S. The number of carbonyl (C=O) groups is 5. The van der Waals surface area contributed by atoms with E-state index in [-0.39, 0.29) is 49.6 Å². The van der Waals surface area contributed by atoms with Gasteiger partial charge in [0, 0.05) is 36.6 Å². The fourth-order valence-electron chi connectivity index (χ4n) is 4.04. The number of aromatic amines is 1. The molecular weight excluding hydrogens is 638 g/mol. The zero-order valence-electron chi connectivity index (χ0n) is 24.9. The van der Waals surface area contributed by atoms with E-state index in [0.717, 1.165) is 0 Å². The topological polar surface area (TPSA) is 310 Å². The Kier molecular flexibility index (Phi) is 13.2. The number of carbonyl (C=O) groups excluding carboxylic acids is 3. The zero-order valence-corrected chi connectivity index (χ0v) is 25.8. The maximum atomic E-state index is 12.4. The first kappa shape index (κ1) is 36.0. The number of nitrogen functional groups attached to an aromatic ring is 1. The van der Waals surface area contributed by atoms with E-state index in [1.807, 2.05) is 0 Å². The lowest BCUT2D eigenvalue weighted by Crippen LogP contribution is -2.55. The molecule has 47 heavy (non-hydrogen) atoms. The van der Waals surface area contributed by atoms with Crippen molar-refractivity contribution in [1.29, 1.82) is 0 Å². The lowest BCUT2D eigenvalue weighted by atomic mass is 10.1. The summed E-state index contributed by atoms with van der Waals surface area (Å²) in [4.78, 5) is 86.5. The Morgan fingerprint density at radius 2 is 1.68 bits per heavy atom. The normalized spacial score (nSPS) is 12.7. The van der Waals surface area contributed by atoms with Gasteiger partial charge in [-0.3, -0.25) is 29.0 Å². The molecule has 0 spiro atoms. The minimum atomic E-state index is -1.38. The summed E-state index contributed by atoms with van der Waals surface area (Å²) in [6.45, 7) is 0.0510. The van der Waals surface area contributed by atoms with E-state index in [1.165, 1.54) is 6.20 Å². The molecule has 2 heterocycles. The van der Waals surface area contributed by atoms with Crippen LogP contribution in [0.4, 0.5) is 17.3 Å². The molecule has 3 rings (SSSR count). The van der Waals surface area contributed by atoms with Crippen molar-refractivity contribution >= 4 is 70.8 Å². The van der Waals surface area contributed by atoms with E-state index in [0.29, 0.717) is 22.8 Å². The molecule has 0 aliphatic heterocycles. The quantitative estimate of drug-likeness (QED) is 0.0651. The number of rotatable bonds is 18. The second-order valence-corrected chi connectivity index (χ2v) is 10.5. The van der Waals surface area contributed by atoms with E-state index in [9.17, 15) is 33.9 Å². The highest BCUT2D eigenvalue weighted by Crippen LogP contribution is 2.17. The molecule has 0 aliphatic rings. The monoisotopic (exact) mass is 673 g/mol. The molecule has 3 unspecified atom stereocenters. The molecule has 3 aromatic rings. The van der Waals surface area contributed by atoms with Gasteiger partial charge in [0.1, 0.15) is 18.1 Å². The van der Waals surface area contributed by atoms with Crippen LogP contribution in [0.3, 0.4) is 0 Å². The smallest absolute Gasteiger partial charge is 0.326 e. The first-order chi connectivity index (χ1) is 22.4. The van der Waals surface area contributed by atoms with Crippen LogP contribution in [0.25, 0.3) is 11.2 Å². The van der Waals surface area contributed by atoms with Gasteiger partial charge in [0.15, 0.2) is 11.2 Å². The van der Waals surface area contributed by atoms with E-state index in [2.05, 4.69) is 59.1 Å². The Hall–Kier alpha value is -5.50. The lowest BCUT2D eigenvalue weighted by Gasteiger charge is -2.20. The third-order valence-corrected chi connectivity index (χ3v) is 6.65. The van der Waals surface area contributed by atoms with Crippen molar-refractivity contribution in [2.24, 2.45) is 5.73 Å². The van der Waals surface area contributed by atoms with Crippen LogP contribution in [0, 0.1) is 0 Å². The summed E-state index contributed by atoms with van der Waals surface area (Å²) in [5.41, 5.74) is 12.6. The van der Waals surface area contributed by atoms with Gasteiger partial charge in [-0.2, -0.15) is 17.6 Å². The molecule has 0 radical (unpaired) electrons. The standard InChI is InChI=1S/C27H35N11O8S/c28-16(23(42)36-18(9-20(40)41)24(43)30-7-8-47)12-32-19(39)6-5-17(26(45)46)34-14-3-1-13(2-4-14)31-10-15-11-33-22-21(35-15)25(44)38-27(29)37-22/h1-4,11,16-18,31,34,47H,5-10,12,28H2,(H,30,43)(H,32,39)(H,36,42)(H,40,41)(H,45,46)(H3,29,33,37,38,44). The molecule has 0 bridgehead atoms. The van der Waals surface area contributed by atoms with Gasteiger partial charge in [0.25, 0.3) is 5.56 Å². The summed E-state index contributed by atoms with van der Waals surface area (Å²) < 4.78 is 0. The maximum Gasteiger partial charge on any atom is 0.326 e. The summed E-state index contributed by atoms with van der Waals surface area (Å²) in [6.07, 6.45) is 0.459. The number of aliphatic carboxylic acids is 2. The first-order valence-corrected chi connectivity index (χ1v) is 14.8. The van der Waals surface area contributed by atoms with Crippen LogP contribution in [0.2, 0.25) is 0 Å².